The van der Waals surface area contributed by atoms with Gasteiger partial charge in [0, 0.05) is 6.04 Å². The fourth-order valence-electron chi connectivity index (χ4n) is 2.61. The molecule has 3 nitrogen and oxygen atoms in total. The number of carbonyl (C=O) groups is 1. The van der Waals surface area contributed by atoms with Gasteiger partial charge in [-0.3, -0.25) is 9.69 Å². The Morgan fingerprint density at radius 2 is 1.93 bits per heavy atom. The van der Waals surface area contributed by atoms with Gasteiger partial charge in [-0.15, -0.1) is 0 Å². The average molecular weight is 196 g/mol. The van der Waals surface area contributed by atoms with E-state index >= 15 is 0 Å². The molecule has 1 N–H and O–H groups in total. The molecule has 2 rings (SSSR count). The molecule has 1 atom stereocenters. The Balaban J connectivity index is 1.82. The first kappa shape index (κ1) is 9.97. The zero-order valence-electron chi connectivity index (χ0n) is 8.96. The number of hydrogen-bond acceptors (Lipinski definition) is 2. The van der Waals surface area contributed by atoms with Crippen molar-refractivity contribution >= 4 is 5.91 Å². The Kier molecular flexibility index (Phi) is 3.06. The second-order valence-corrected chi connectivity index (χ2v) is 4.63. The highest BCUT2D eigenvalue weighted by atomic mass is 16.2. The highest BCUT2D eigenvalue weighted by Crippen LogP contribution is 2.20. The van der Waals surface area contributed by atoms with Gasteiger partial charge in [-0.25, -0.2) is 0 Å². The molecule has 0 spiro atoms. The van der Waals surface area contributed by atoms with Crippen LogP contribution in [0.5, 0.6) is 0 Å². The second kappa shape index (κ2) is 4.30. The van der Waals surface area contributed by atoms with Crippen LogP contribution in [0.4, 0.5) is 0 Å². The van der Waals surface area contributed by atoms with Gasteiger partial charge in [-0.1, -0.05) is 12.8 Å². The highest BCUT2D eigenvalue weighted by Gasteiger charge is 2.29. The van der Waals surface area contributed by atoms with Gasteiger partial charge >= 0.3 is 0 Å². The lowest BCUT2D eigenvalue weighted by Crippen LogP contribution is -2.44. The summed E-state index contributed by atoms with van der Waals surface area (Å²) in [5.74, 6) is 0.261. The third kappa shape index (κ3) is 2.08. The van der Waals surface area contributed by atoms with Gasteiger partial charge in [0.05, 0.1) is 6.04 Å². The van der Waals surface area contributed by atoms with E-state index < -0.39 is 0 Å². The second-order valence-electron chi connectivity index (χ2n) is 4.63. The third-order valence-electron chi connectivity index (χ3n) is 3.52. The molecular formula is C11H20N2O. The number of nitrogens with one attached hydrogen (secondary N) is 1. The van der Waals surface area contributed by atoms with Crippen molar-refractivity contribution in [3.63, 3.8) is 0 Å². The number of carbonyl (C=O) groups excluding carboxylic acids is 1. The smallest absolute Gasteiger partial charge is 0.237 e. The zero-order valence-corrected chi connectivity index (χ0v) is 8.96. The predicted molar refractivity (Wildman–Crippen MR) is 56.1 cm³/mol. The van der Waals surface area contributed by atoms with E-state index in [1.165, 1.54) is 32.1 Å². The fourth-order valence-corrected chi connectivity index (χ4v) is 2.61. The molecule has 2 fully saturated rings. The van der Waals surface area contributed by atoms with Crippen LogP contribution in [0.25, 0.3) is 0 Å². The number of nitrogens with zero attached hydrogens (tertiary/aromatic N) is 1. The van der Waals surface area contributed by atoms with Crippen molar-refractivity contribution in [2.75, 3.05) is 13.6 Å². The molecule has 3 heteroatoms. The zero-order chi connectivity index (χ0) is 9.97. The lowest BCUT2D eigenvalue weighted by molar-refractivity contribution is -0.125. The number of amides is 1. The summed E-state index contributed by atoms with van der Waals surface area (Å²) in [5, 5.41) is 3.17. The molecule has 1 unspecified atom stereocenters. The summed E-state index contributed by atoms with van der Waals surface area (Å²) < 4.78 is 0. The minimum atomic E-state index is 0.149. The number of rotatable bonds is 2. The van der Waals surface area contributed by atoms with Crippen molar-refractivity contribution in [1.29, 1.82) is 0 Å². The van der Waals surface area contributed by atoms with Crippen LogP contribution < -0.4 is 5.32 Å². The Labute approximate surface area is 85.8 Å². The van der Waals surface area contributed by atoms with Crippen LogP contribution in [0.1, 0.15) is 38.5 Å². The molecule has 0 aromatic rings. The van der Waals surface area contributed by atoms with Crippen LogP contribution in [-0.4, -0.2) is 36.5 Å². The third-order valence-corrected chi connectivity index (χ3v) is 3.52. The molecule has 0 aromatic carbocycles. The molecule has 1 heterocycles. The first-order valence-electron chi connectivity index (χ1n) is 5.78. The molecule has 1 saturated heterocycles. The van der Waals surface area contributed by atoms with Crippen LogP contribution in [0, 0.1) is 0 Å². The van der Waals surface area contributed by atoms with Crippen molar-refractivity contribution in [3.8, 4) is 0 Å². The Morgan fingerprint density at radius 3 is 2.50 bits per heavy atom. The van der Waals surface area contributed by atoms with E-state index in [2.05, 4.69) is 10.2 Å². The molecule has 2 aliphatic rings. The van der Waals surface area contributed by atoms with Crippen LogP contribution in [-0.2, 0) is 4.79 Å². The highest BCUT2D eigenvalue weighted by molar-refractivity contribution is 5.82. The minimum absolute atomic E-state index is 0.149. The number of likely N-dealkylation sites (tertiary alicyclic amines) is 1. The van der Waals surface area contributed by atoms with Crippen molar-refractivity contribution < 1.29 is 4.79 Å². The first-order valence-corrected chi connectivity index (χ1v) is 5.78. The summed E-state index contributed by atoms with van der Waals surface area (Å²) in [6, 6.07) is 0.618. The molecule has 0 bridgehead atoms. The van der Waals surface area contributed by atoms with Crippen molar-refractivity contribution in [1.82, 2.24) is 10.2 Å². The van der Waals surface area contributed by atoms with Crippen molar-refractivity contribution in [2.45, 2.75) is 50.6 Å². The van der Waals surface area contributed by atoms with E-state index in [0.717, 1.165) is 13.0 Å². The maximum absolute atomic E-state index is 11.9. The molecule has 1 aliphatic carbocycles. The summed E-state index contributed by atoms with van der Waals surface area (Å²) in [5.41, 5.74) is 0. The van der Waals surface area contributed by atoms with Gasteiger partial charge in [0.15, 0.2) is 0 Å². The molecule has 80 valence electrons. The van der Waals surface area contributed by atoms with Gasteiger partial charge in [-0.2, -0.15) is 0 Å². The van der Waals surface area contributed by atoms with Crippen LogP contribution >= 0.6 is 0 Å². The van der Waals surface area contributed by atoms with Crippen molar-refractivity contribution in [2.24, 2.45) is 0 Å². The Bertz CT molecular complexity index is 211. The number of likely N-dealkylation sites (N-methyl/N-ethyl adjacent to an activating group) is 1. The molecule has 1 amide bonds. The van der Waals surface area contributed by atoms with Gasteiger partial charge < -0.3 is 5.32 Å². The molecule has 0 radical (unpaired) electrons. The monoisotopic (exact) mass is 196 g/mol. The quantitative estimate of drug-likeness (QED) is 0.718. The van der Waals surface area contributed by atoms with Gasteiger partial charge in [0.2, 0.25) is 5.91 Å². The van der Waals surface area contributed by atoms with Crippen molar-refractivity contribution in [3.05, 3.63) is 0 Å². The summed E-state index contributed by atoms with van der Waals surface area (Å²) in [6.07, 6.45) is 7.13. The standard InChI is InChI=1S/C11H20N2O/c1-13-8-4-7-10(13)11(14)12-9-5-2-3-6-9/h9-10H,2-8H2,1H3,(H,12,14). The summed E-state index contributed by atoms with van der Waals surface area (Å²) in [7, 11) is 2.05. The van der Waals surface area contributed by atoms with Gasteiger partial charge in [-0.05, 0) is 39.3 Å². The van der Waals surface area contributed by atoms with E-state index in [4.69, 9.17) is 0 Å². The summed E-state index contributed by atoms with van der Waals surface area (Å²) >= 11 is 0. The van der Waals surface area contributed by atoms with Crippen LogP contribution in [0.3, 0.4) is 0 Å². The van der Waals surface area contributed by atoms with Crippen LogP contribution in [0.2, 0.25) is 0 Å². The van der Waals surface area contributed by atoms with E-state index in [1.807, 2.05) is 7.05 Å². The molecule has 0 aromatic heterocycles. The molecule has 14 heavy (non-hydrogen) atoms. The maximum atomic E-state index is 11.9. The SMILES string of the molecule is CN1CCCC1C(=O)NC1CCCC1. The van der Waals surface area contributed by atoms with E-state index in [9.17, 15) is 4.79 Å². The fraction of sp³-hybridized carbons (Fsp3) is 0.909. The molecular weight excluding hydrogens is 176 g/mol. The van der Waals surface area contributed by atoms with E-state index in [0.29, 0.717) is 6.04 Å². The Morgan fingerprint density at radius 1 is 1.21 bits per heavy atom. The van der Waals surface area contributed by atoms with E-state index in [-0.39, 0.29) is 11.9 Å². The van der Waals surface area contributed by atoms with E-state index in [1.54, 1.807) is 0 Å². The first-order chi connectivity index (χ1) is 6.77. The molecule has 1 aliphatic heterocycles. The lowest BCUT2D eigenvalue weighted by atomic mass is 10.2. The normalized spacial score (nSPS) is 29.6. The average Bonchev–Trinajstić information content (AvgIpc) is 2.75. The maximum Gasteiger partial charge on any atom is 0.237 e. The summed E-state index contributed by atoms with van der Waals surface area (Å²) in [4.78, 5) is 14.0. The molecule has 1 saturated carbocycles. The Hall–Kier alpha value is -0.570. The van der Waals surface area contributed by atoms with Crippen LogP contribution in [0.15, 0.2) is 0 Å². The predicted octanol–water partition coefficient (Wildman–Crippen LogP) is 1.14. The lowest BCUT2D eigenvalue weighted by Gasteiger charge is -2.21. The number of hydrogen-bond donors (Lipinski definition) is 1. The summed E-state index contributed by atoms with van der Waals surface area (Å²) in [6.45, 7) is 1.07. The van der Waals surface area contributed by atoms with Gasteiger partial charge in [0.25, 0.3) is 0 Å². The topological polar surface area (TPSA) is 32.3 Å². The minimum Gasteiger partial charge on any atom is -0.352 e. The van der Waals surface area contributed by atoms with Gasteiger partial charge in [0.1, 0.15) is 0 Å². The largest absolute Gasteiger partial charge is 0.352 e.